The van der Waals surface area contributed by atoms with Crippen LogP contribution in [0.4, 0.5) is 5.13 Å². The third-order valence-electron chi connectivity index (χ3n) is 5.18. The largest absolute Gasteiger partial charge is 0.477 e. The zero-order valence-electron chi connectivity index (χ0n) is 18.8. The SMILES string of the molecule is NCCSCc1cnccc1SC1=C(C(=O)O)N2C(=O)[C@@H](NC(=O)/C(=N\O)c3nc(N)sc3Cl)[C@H]2SC1. The van der Waals surface area contributed by atoms with Gasteiger partial charge in [0, 0.05) is 46.0 Å². The van der Waals surface area contributed by atoms with Gasteiger partial charge in [-0.2, -0.15) is 11.8 Å². The number of nitrogens with zero attached hydrogens (tertiary/aromatic N) is 4. The molecule has 0 saturated carbocycles. The van der Waals surface area contributed by atoms with Gasteiger partial charge in [0.25, 0.3) is 11.8 Å². The molecule has 2 aromatic heterocycles. The Morgan fingerprint density at radius 3 is 2.84 bits per heavy atom. The van der Waals surface area contributed by atoms with E-state index in [4.69, 9.17) is 23.1 Å². The van der Waals surface area contributed by atoms with Gasteiger partial charge < -0.3 is 27.1 Å². The third-order valence-corrected chi connectivity index (χ3v) is 9.96. The van der Waals surface area contributed by atoms with E-state index in [9.17, 15) is 24.7 Å². The number of amides is 2. The Bertz CT molecular complexity index is 1300. The van der Waals surface area contributed by atoms with Crippen LogP contribution in [-0.4, -0.2) is 78.1 Å². The lowest BCUT2D eigenvalue weighted by molar-refractivity contribution is -0.150. The summed E-state index contributed by atoms with van der Waals surface area (Å²) in [6, 6.07) is 0.772. The third kappa shape index (κ3) is 5.68. The number of nitrogens with one attached hydrogen (secondary N) is 1. The number of thiazole rings is 1. The van der Waals surface area contributed by atoms with E-state index in [0.29, 0.717) is 23.0 Å². The van der Waals surface area contributed by atoms with Gasteiger partial charge in [0.1, 0.15) is 27.1 Å². The predicted octanol–water partition coefficient (Wildman–Crippen LogP) is 1.63. The van der Waals surface area contributed by atoms with Crippen molar-refractivity contribution in [2.75, 3.05) is 23.8 Å². The highest BCUT2D eigenvalue weighted by molar-refractivity contribution is 8.06. The van der Waals surface area contributed by atoms with Gasteiger partial charge in [-0.25, -0.2) is 9.78 Å². The number of hydrogen-bond acceptors (Lipinski definition) is 13. The monoisotopic (exact) mass is 601 g/mol. The Kier molecular flexibility index (Phi) is 8.86. The molecular weight excluding hydrogens is 582 g/mol. The summed E-state index contributed by atoms with van der Waals surface area (Å²) in [5, 5.41) is 24.2. The molecule has 0 radical (unpaired) electrons. The first-order valence-corrected chi connectivity index (χ1v) is 14.7. The molecule has 2 aliphatic heterocycles. The van der Waals surface area contributed by atoms with Crippen molar-refractivity contribution in [2.45, 2.75) is 22.1 Å². The fourth-order valence-corrected chi connectivity index (χ4v) is 7.91. The number of carbonyl (C=O) groups excluding carboxylic acids is 2. The quantitative estimate of drug-likeness (QED) is 0.0868. The highest BCUT2D eigenvalue weighted by Gasteiger charge is 2.54. The summed E-state index contributed by atoms with van der Waals surface area (Å²) in [7, 11) is 0. The van der Waals surface area contributed by atoms with E-state index in [1.54, 1.807) is 30.2 Å². The Hall–Kier alpha value is -2.50. The number of thioether (sulfide) groups is 3. The summed E-state index contributed by atoms with van der Waals surface area (Å²) in [4.78, 5) is 48.5. The van der Waals surface area contributed by atoms with Gasteiger partial charge in [-0.1, -0.05) is 39.9 Å². The number of β-lactam (4-membered cyclic amide) rings is 1. The molecule has 0 aliphatic carbocycles. The number of carboxylic acid groups (broad SMARTS) is 1. The number of oxime groups is 1. The number of hydrogen-bond donors (Lipinski definition) is 5. The van der Waals surface area contributed by atoms with E-state index in [1.165, 1.54) is 23.5 Å². The topological polar surface area (TPSA) is 197 Å². The second kappa shape index (κ2) is 11.9. The van der Waals surface area contributed by atoms with Crippen LogP contribution in [0.25, 0.3) is 0 Å². The summed E-state index contributed by atoms with van der Waals surface area (Å²) in [5.41, 5.74) is 11.3. The Morgan fingerprint density at radius 1 is 1.41 bits per heavy atom. The molecule has 2 aromatic rings. The van der Waals surface area contributed by atoms with E-state index in [2.05, 4.69) is 20.4 Å². The van der Waals surface area contributed by atoms with E-state index in [1.807, 2.05) is 0 Å². The number of halogens is 1. The van der Waals surface area contributed by atoms with Gasteiger partial charge in [0.05, 0.1) is 0 Å². The van der Waals surface area contributed by atoms with Crippen LogP contribution in [0.3, 0.4) is 0 Å². The van der Waals surface area contributed by atoms with Crippen molar-refractivity contribution in [2.24, 2.45) is 10.9 Å². The number of pyridine rings is 1. The number of fused-ring (bicyclic) bond motifs is 1. The number of aliphatic carboxylic acids is 1. The second-order valence-corrected chi connectivity index (χ2v) is 12.5. The molecule has 4 rings (SSSR count). The lowest BCUT2D eigenvalue weighted by atomic mass is 10.0. The fourth-order valence-electron chi connectivity index (χ4n) is 3.56. The molecule has 4 heterocycles. The molecule has 0 bridgehead atoms. The van der Waals surface area contributed by atoms with Crippen molar-refractivity contribution >= 4 is 86.9 Å². The van der Waals surface area contributed by atoms with Crippen molar-refractivity contribution in [3.63, 3.8) is 0 Å². The minimum absolute atomic E-state index is 0.0451. The van der Waals surface area contributed by atoms with Crippen LogP contribution in [0.5, 0.6) is 0 Å². The normalized spacial score (nSPS) is 19.5. The first-order valence-electron chi connectivity index (χ1n) is 10.5. The molecule has 12 nitrogen and oxygen atoms in total. The molecular formula is C20H20ClN7O5S4. The lowest BCUT2D eigenvalue weighted by Crippen LogP contribution is -2.71. The second-order valence-electron chi connectivity index (χ2n) is 7.49. The molecule has 1 saturated heterocycles. The van der Waals surface area contributed by atoms with Gasteiger partial charge in [0.15, 0.2) is 10.8 Å². The molecule has 0 spiro atoms. The molecule has 7 N–H and O–H groups in total. The minimum atomic E-state index is -1.25. The van der Waals surface area contributed by atoms with E-state index in [-0.39, 0.29) is 20.9 Å². The van der Waals surface area contributed by atoms with Gasteiger partial charge in [-0.05, 0) is 11.6 Å². The number of carbonyl (C=O) groups is 3. The van der Waals surface area contributed by atoms with Gasteiger partial charge in [0.2, 0.25) is 0 Å². The van der Waals surface area contributed by atoms with E-state index in [0.717, 1.165) is 32.4 Å². The van der Waals surface area contributed by atoms with Crippen LogP contribution in [0, 0.1) is 0 Å². The molecule has 2 aliphatic rings. The first kappa shape index (κ1) is 27.5. The average Bonchev–Trinajstić information content (AvgIpc) is 3.20. The Morgan fingerprint density at radius 2 is 2.19 bits per heavy atom. The first-order chi connectivity index (χ1) is 17.8. The Balaban J connectivity index is 1.52. The fraction of sp³-hybridized carbons (Fsp3) is 0.300. The smallest absolute Gasteiger partial charge is 0.353 e. The van der Waals surface area contributed by atoms with Crippen molar-refractivity contribution in [1.82, 2.24) is 20.2 Å². The van der Waals surface area contributed by atoms with Gasteiger partial charge in [-0.15, -0.1) is 11.8 Å². The van der Waals surface area contributed by atoms with E-state index >= 15 is 0 Å². The highest BCUT2D eigenvalue weighted by Crippen LogP contribution is 2.46. The van der Waals surface area contributed by atoms with Crippen LogP contribution < -0.4 is 16.8 Å². The van der Waals surface area contributed by atoms with Crippen molar-refractivity contribution in [3.05, 3.63) is 44.7 Å². The maximum Gasteiger partial charge on any atom is 0.353 e. The summed E-state index contributed by atoms with van der Waals surface area (Å²) < 4.78 is 0.0451. The zero-order chi connectivity index (χ0) is 26.7. The van der Waals surface area contributed by atoms with Crippen LogP contribution >= 0.6 is 58.2 Å². The number of anilines is 1. The van der Waals surface area contributed by atoms with E-state index < -0.39 is 34.9 Å². The summed E-state index contributed by atoms with van der Waals surface area (Å²) in [5.74, 6) is -0.998. The van der Waals surface area contributed by atoms with Gasteiger partial charge in [-0.3, -0.25) is 19.5 Å². The summed E-state index contributed by atoms with van der Waals surface area (Å²) in [6.45, 7) is 0.547. The summed E-state index contributed by atoms with van der Waals surface area (Å²) in [6.07, 6.45) is 3.36. The van der Waals surface area contributed by atoms with Crippen molar-refractivity contribution < 1.29 is 24.7 Å². The molecule has 0 aromatic carbocycles. The molecule has 0 unspecified atom stereocenters. The number of nitrogens with two attached hydrogens (primary N) is 2. The molecule has 196 valence electrons. The van der Waals surface area contributed by atoms with Crippen LogP contribution in [0.1, 0.15) is 11.3 Å². The highest BCUT2D eigenvalue weighted by atomic mass is 35.5. The molecule has 37 heavy (non-hydrogen) atoms. The molecule has 17 heteroatoms. The average molecular weight is 602 g/mol. The van der Waals surface area contributed by atoms with Crippen LogP contribution in [-0.2, 0) is 20.1 Å². The van der Waals surface area contributed by atoms with Crippen LogP contribution in [0.15, 0.2) is 39.1 Å². The van der Waals surface area contributed by atoms with Crippen molar-refractivity contribution in [3.8, 4) is 0 Å². The maximum atomic E-state index is 13.0. The molecule has 2 amide bonds. The molecule has 1 fully saturated rings. The Labute approximate surface area is 232 Å². The summed E-state index contributed by atoms with van der Waals surface area (Å²) >= 11 is 11.1. The van der Waals surface area contributed by atoms with Gasteiger partial charge >= 0.3 is 5.97 Å². The lowest BCUT2D eigenvalue weighted by Gasteiger charge is -2.49. The standard InChI is InChI=1S/C20H20ClN7O5S4/c21-15-11(26-20(23)37-15)12(27-33)16(29)25-13-17(30)28-14(19(31)32)10(7-35-18(13)28)36-9-1-3-24-5-8(9)6-34-4-2-22/h1,3,5,13,18,33H,2,4,6-7,22H2,(H2,23,26)(H,25,29)(H,31,32)/b27-12-/t13-,18-/m1/s1. The van der Waals surface area contributed by atoms with Crippen LogP contribution in [0.2, 0.25) is 4.34 Å². The number of aromatic nitrogens is 2. The molecule has 2 atom stereocenters. The number of rotatable bonds is 10. The predicted molar refractivity (Wildman–Crippen MR) is 145 cm³/mol. The number of nitrogen functional groups attached to an aromatic ring is 1. The minimum Gasteiger partial charge on any atom is -0.477 e. The zero-order valence-corrected chi connectivity index (χ0v) is 22.8. The number of carboxylic acids is 1. The van der Waals surface area contributed by atoms with Crippen molar-refractivity contribution in [1.29, 1.82) is 0 Å². The maximum absolute atomic E-state index is 13.0.